The van der Waals surface area contributed by atoms with Gasteiger partial charge in [-0.05, 0) is 26.7 Å². The molecule has 1 nitrogen and oxygen atoms in total. The number of rotatable bonds is 4. The second-order valence-corrected chi connectivity index (χ2v) is 2.45. The summed E-state index contributed by atoms with van der Waals surface area (Å²) in [6.45, 7) is 10.0. The third kappa shape index (κ3) is 4.46. The maximum atomic E-state index is 5.49. The predicted octanol–water partition coefficient (Wildman–Crippen LogP) is 2.41. The Morgan fingerprint density at radius 2 is 1.89 bits per heavy atom. The van der Waals surface area contributed by atoms with Crippen molar-refractivity contribution in [2.45, 2.75) is 45.8 Å². The van der Waals surface area contributed by atoms with Crippen LogP contribution in [0.5, 0.6) is 0 Å². The van der Waals surface area contributed by atoms with E-state index in [2.05, 4.69) is 27.7 Å². The Bertz CT molecular complexity index is 53.6. The van der Waals surface area contributed by atoms with Gasteiger partial charge in [0.05, 0.1) is 12.2 Å². The molecule has 0 aromatic rings. The van der Waals surface area contributed by atoms with Crippen molar-refractivity contribution in [3.8, 4) is 0 Å². The zero-order chi connectivity index (χ0) is 7.28. The molecule has 0 heterocycles. The van der Waals surface area contributed by atoms with Crippen LogP contribution in [-0.2, 0) is 4.74 Å². The van der Waals surface area contributed by atoms with E-state index >= 15 is 0 Å². The average Bonchev–Trinajstić information content (AvgIpc) is 1.87. The zero-order valence-corrected chi connectivity index (χ0v) is 6.68. The van der Waals surface area contributed by atoms with Crippen LogP contribution < -0.4 is 0 Å². The van der Waals surface area contributed by atoms with E-state index < -0.39 is 0 Å². The lowest BCUT2D eigenvalue weighted by Crippen LogP contribution is -2.14. The normalized spacial score (nSPS) is 17.3. The minimum Gasteiger partial charge on any atom is -0.376 e. The highest BCUT2D eigenvalue weighted by Gasteiger charge is 2.02. The molecular weight excluding hydrogens is 112 g/mol. The van der Waals surface area contributed by atoms with Crippen molar-refractivity contribution >= 4 is 0 Å². The summed E-state index contributed by atoms with van der Waals surface area (Å²) < 4.78 is 5.49. The number of ether oxygens (including phenoxy) is 1. The summed E-state index contributed by atoms with van der Waals surface area (Å²) in [6, 6.07) is 0. The van der Waals surface area contributed by atoms with E-state index in [4.69, 9.17) is 4.74 Å². The average molecular weight is 129 g/mol. The van der Waals surface area contributed by atoms with Crippen molar-refractivity contribution in [3.63, 3.8) is 0 Å². The molecule has 2 atom stereocenters. The quantitative estimate of drug-likeness (QED) is 0.566. The first-order valence-corrected chi connectivity index (χ1v) is 3.65. The fourth-order valence-electron chi connectivity index (χ4n) is 0.561. The number of hydrogen-bond donors (Lipinski definition) is 0. The molecule has 0 aromatic heterocycles. The van der Waals surface area contributed by atoms with Crippen LogP contribution >= 0.6 is 0 Å². The van der Waals surface area contributed by atoms with Gasteiger partial charge in [-0.2, -0.15) is 0 Å². The molecule has 0 fully saturated rings. The maximum Gasteiger partial charge on any atom is 0.0550 e. The van der Waals surface area contributed by atoms with Crippen LogP contribution in [0.15, 0.2) is 0 Å². The second-order valence-electron chi connectivity index (χ2n) is 2.45. The molecule has 0 spiro atoms. The maximum absolute atomic E-state index is 5.49. The summed E-state index contributed by atoms with van der Waals surface area (Å²) in [5.41, 5.74) is 0. The SMILES string of the molecule is [CH2]CC(C)OC(C)CC. The minimum atomic E-state index is 0.319. The van der Waals surface area contributed by atoms with E-state index in [1.165, 1.54) is 0 Å². The first kappa shape index (κ1) is 8.96. The van der Waals surface area contributed by atoms with Gasteiger partial charge in [-0.1, -0.05) is 13.8 Å². The lowest BCUT2D eigenvalue weighted by Gasteiger charge is -2.15. The molecule has 0 rings (SSSR count). The van der Waals surface area contributed by atoms with Crippen LogP contribution in [0.4, 0.5) is 0 Å². The van der Waals surface area contributed by atoms with Crippen molar-refractivity contribution in [3.05, 3.63) is 6.92 Å². The summed E-state index contributed by atoms with van der Waals surface area (Å²) in [4.78, 5) is 0. The third-order valence-corrected chi connectivity index (χ3v) is 1.45. The van der Waals surface area contributed by atoms with Gasteiger partial charge >= 0.3 is 0 Å². The minimum absolute atomic E-state index is 0.319. The molecule has 0 aromatic carbocycles. The smallest absolute Gasteiger partial charge is 0.0550 e. The van der Waals surface area contributed by atoms with Gasteiger partial charge < -0.3 is 4.74 Å². The Hall–Kier alpha value is -0.0400. The number of hydrogen-bond acceptors (Lipinski definition) is 1. The second kappa shape index (κ2) is 4.80. The molecule has 55 valence electrons. The molecule has 0 amide bonds. The van der Waals surface area contributed by atoms with Crippen molar-refractivity contribution in [2.75, 3.05) is 0 Å². The summed E-state index contributed by atoms with van der Waals surface area (Å²) in [7, 11) is 0. The van der Waals surface area contributed by atoms with Gasteiger partial charge in [0.2, 0.25) is 0 Å². The van der Waals surface area contributed by atoms with Gasteiger partial charge in [0.25, 0.3) is 0 Å². The molecule has 0 aliphatic carbocycles. The van der Waals surface area contributed by atoms with Crippen molar-refractivity contribution in [1.82, 2.24) is 0 Å². The lowest BCUT2D eigenvalue weighted by molar-refractivity contribution is 0.00829. The van der Waals surface area contributed by atoms with Crippen LogP contribution in [0.2, 0.25) is 0 Å². The Labute approximate surface area is 58.4 Å². The Kier molecular flexibility index (Phi) is 4.78. The topological polar surface area (TPSA) is 9.23 Å². The van der Waals surface area contributed by atoms with Gasteiger partial charge in [0.15, 0.2) is 0 Å². The van der Waals surface area contributed by atoms with Gasteiger partial charge in [-0.25, -0.2) is 0 Å². The largest absolute Gasteiger partial charge is 0.376 e. The molecule has 0 saturated carbocycles. The molecule has 0 bridgehead atoms. The van der Waals surface area contributed by atoms with Crippen LogP contribution in [0.1, 0.15) is 33.6 Å². The standard InChI is InChI=1S/C8H17O/c1-5-7(3)9-8(4)6-2/h7-8H,1,5-6H2,2-4H3. The van der Waals surface area contributed by atoms with Crippen molar-refractivity contribution < 1.29 is 4.74 Å². The first-order chi connectivity index (χ1) is 4.20. The zero-order valence-electron chi connectivity index (χ0n) is 6.68. The van der Waals surface area contributed by atoms with Gasteiger partial charge in [0.1, 0.15) is 0 Å². The van der Waals surface area contributed by atoms with Crippen molar-refractivity contribution in [2.24, 2.45) is 0 Å². The Balaban J connectivity index is 3.22. The van der Waals surface area contributed by atoms with E-state index in [9.17, 15) is 0 Å². The van der Waals surface area contributed by atoms with E-state index in [0.29, 0.717) is 12.2 Å². The molecule has 9 heavy (non-hydrogen) atoms. The van der Waals surface area contributed by atoms with Gasteiger partial charge in [0, 0.05) is 0 Å². The summed E-state index contributed by atoms with van der Waals surface area (Å²) in [6.07, 6.45) is 2.66. The van der Waals surface area contributed by atoms with E-state index in [1.54, 1.807) is 0 Å². The molecule has 1 radical (unpaired) electrons. The van der Waals surface area contributed by atoms with Crippen LogP contribution in [0, 0.1) is 6.92 Å². The van der Waals surface area contributed by atoms with E-state index in [0.717, 1.165) is 12.8 Å². The molecule has 2 unspecified atom stereocenters. The summed E-state index contributed by atoms with van der Waals surface area (Å²) in [5.74, 6) is 0. The monoisotopic (exact) mass is 129 g/mol. The van der Waals surface area contributed by atoms with E-state index in [-0.39, 0.29) is 0 Å². The highest BCUT2D eigenvalue weighted by atomic mass is 16.5. The summed E-state index contributed by atoms with van der Waals surface area (Å²) >= 11 is 0. The molecule has 0 aliphatic rings. The lowest BCUT2D eigenvalue weighted by atomic mass is 10.3. The fourth-order valence-corrected chi connectivity index (χ4v) is 0.561. The molecule has 0 aliphatic heterocycles. The van der Waals surface area contributed by atoms with Crippen molar-refractivity contribution in [1.29, 1.82) is 0 Å². The third-order valence-electron chi connectivity index (χ3n) is 1.45. The highest BCUT2D eigenvalue weighted by Crippen LogP contribution is 2.03. The highest BCUT2D eigenvalue weighted by molar-refractivity contribution is 4.54. The van der Waals surface area contributed by atoms with Crippen LogP contribution in [0.25, 0.3) is 0 Å². The van der Waals surface area contributed by atoms with Crippen LogP contribution in [0.3, 0.4) is 0 Å². The van der Waals surface area contributed by atoms with E-state index in [1.807, 2.05) is 0 Å². The predicted molar refractivity (Wildman–Crippen MR) is 40.3 cm³/mol. The Morgan fingerprint density at radius 1 is 1.33 bits per heavy atom. The van der Waals surface area contributed by atoms with Gasteiger partial charge in [-0.15, -0.1) is 0 Å². The summed E-state index contributed by atoms with van der Waals surface area (Å²) in [5, 5.41) is 0. The van der Waals surface area contributed by atoms with Gasteiger partial charge in [-0.3, -0.25) is 0 Å². The van der Waals surface area contributed by atoms with Crippen LogP contribution in [-0.4, -0.2) is 12.2 Å². The Morgan fingerprint density at radius 3 is 2.22 bits per heavy atom. The molecule has 1 heteroatoms. The molecule has 0 N–H and O–H groups in total. The fraction of sp³-hybridized carbons (Fsp3) is 0.875. The molecule has 0 saturated heterocycles. The first-order valence-electron chi connectivity index (χ1n) is 3.65. The molecular formula is C8H17O.